The number of nitrogens with one attached hydrogen (secondary N) is 1. The molecule has 0 aromatic carbocycles. The largest absolute Gasteiger partial charge is 0.382 e. The molecule has 0 amide bonds. The highest BCUT2D eigenvalue weighted by atomic mass is 16.5. The zero-order valence-electron chi connectivity index (χ0n) is 15.9. The number of rotatable bonds is 10. The van der Waals surface area contributed by atoms with E-state index in [4.69, 9.17) is 14.5 Å². The van der Waals surface area contributed by atoms with E-state index in [0.29, 0.717) is 19.1 Å². The minimum absolute atomic E-state index is 0.548. The molecule has 1 aromatic heterocycles. The van der Waals surface area contributed by atoms with Gasteiger partial charge in [0.05, 0.1) is 19.4 Å². The summed E-state index contributed by atoms with van der Waals surface area (Å²) in [6.07, 6.45) is 7.35. The number of nitrogens with zero attached hydrogens (tertiary/aromatic N) is 4. The van der Waals surface area contributed by atoms with E-state index in [-0.39, 0.29) is 0 Å². The third-order valence-electron chi connectivity index (χ3n) is 4.41. The summed E-state index contributed by atoms with van der Waals surface area (Å²) in [4.78, 5) is 7.16. The van der Waals surface area contributed by atoms with Crippen molar-refractivity contribution in [1.82, 2.24) is 20.0 Å². The summed E-state index contributed by atoms with van der Waals surface area (Å²) < 4.78 is 12.3. The molecule has 2 heterocycles. The van der Waals surface area contributed by atoms with Crippen molar-refractivity contribution >= 4 is 5.96 Å². The summed E-state index contributed by atoms with van der Waals surface area (Å²) in [6.45, 7) is 8.03. The average Bonchev–Trinajstić information content (AvgIpc) is 3.25. The van der Waals surface area contributed by atoms with Gasteiger partial charge in [-0.3, -0.25) is 9.67 Å². The minimum atomic E-state index is 0.548. The maximum Gasteiger partial charge on any atom is 0.193 e. The SMILES string of the molecule is CCNC(=NCCCCOCCOC)N1CCC(c2cnn(C)c2)C1. The van der Waals surface area contributed by atoms with Crippen LogP contribution in [0.25, 0.3) is 0 Å². The Morgan fingerprint density at radius 3 is 2.96 bits per heavy atom. The van der Waals surface area contributed by atoms with Gasteiger partial charge < -0.3 is 19.7 Å². The molecular formula is C18H33N5O2. The van der Waals surface area contributed by atoms with E-state index in [9.17, 15) is 0 Å². The van der Waals surface area contributed by atoms with E-state index >= 15 is 0 Å². The van der Waals surface area contributed by atoms with Crippen LogP contribution in [-0.2, 0) is 16.5 Å². The summed E-state index contributed by atoms with van der Waals surface area (Å²) in [5.74, 6) is 1.58. The van der Waals surface area contributed by atoms with Crippen LogP contribution in [0.4, 0.5) is 0 Å². The van der Waals surface area contributed by atoms with E-state index in [1.54, 1.807) is 7.11 Å². The lowest BCUT2D eigenvalue weighted by Crippen LogP contribution is -2.40. The molecule has 2 rings (SSSR count). The molecule has 142 valence electrons. The third-order valence-corrected chi connectivity index (χ3v) is 4.41. The highest BCUT2D eigenvalue weighted by Gasteiger charge is 2.26. The Balaban J connectivity index is 1.74. The van der Waals surface area contributed by atoms with Crippen molar-refractivity contribution in [2.45, 2.75) is 32.1 Å². The van der Waals surface area contributed by atoms with E-state index < -0.39 is 0 Å². The molecule has 0 bridgehead atoms. The van der Waals surface area contributed by atoms with Crippen molar-refractivity contribution in [3.8, 4) is 0 Å². The summed E-state index contributed by atoms with van der Waals surface area (Å²) in [5, 5.41) is 7.72. The van der Waals surface area contributed by atoms with Gasteiger partial charge in [0.2, 0.25) is 0 Å². The van der Waals surface area contributed by atoms with E-state index in [1.807, 2.05) is 17.9 Å². The van der Waals surface area contributed by atoms with Crippen molar-refractivity contribution in [2.75, 3.05) is 53.1 Å². The maximum atomic E-state index is 5.49. The Hall–Kier alpha value is -1.60. The number of hydrogen-bond donors (Lipinski definition) is 1. The number of aliphatic imine (C=N–C) groups is 1. The van der Waals surface area contributed by atoms with Crippen LogP contribution >= 0.6 is 0 Å². The quantitative estimate of drug-likeness (QED) is 0.394. The Morgan fingerprint density at radius 1 is 1.36 bits per heavy atom. The van der Waals surface area contributed by atoms with Gasteiger partial charge in [-0.2, -0.15) is 5.10 Å². The summed E-state index contributed by atoms with van der Waals surface area (Å²) in [5.41, 5.74) is 1.33. The number of guanidine groups is 1. The van der Waals surface area contributed by atoms with Gasteiger partial charge in [-0.25, -0.2) is 0 Å². The predicted octanol–water partition coefficient (Wildman–Crippen LogP) is 1.62. The zero-order valence-corrected chi connectivity index (χ0v) is 15.9. The fraction of sp³-hybridized carbons (Fsp3) is 0.778. The van der Waals surface area contributed by atoms with Crippen molar-refractivity contribution in [3.63, 3.8) is 0 Å². The molecule has 1 fully saturated rings. The first-order chi connectivity index (χ1) is 12.2. The number of hydrogen-bond acceptors (Lipinski definition) is 4. The standard InChI is InChI=1S/C18H33N5O2/c1-4-19-18(20-8-5-6-10-25-12-11-24-3)23-9-7-16(15-23)17-13-21-22(2)14-17/h13-14,16H,4-12,15H2,1-3H3,(H,19,20). The molecule has 0 radical (unpaired) electrons. The van der Waals surface area contributed by atoms with Crippen molar-refractivity contribution < 1.29 is 9.47 Å². The van der Waals surface area contributed by atoms with Gasteiger partial charge in [0.1, 0.15) is 0 Å². The third kappa shape index (κ3) is 6.66. The fourth-order valence-electron chi connectivity index (χ4n) is 3.05. The molecule has 1 aliphatic rings. The smallest absolute Gasteiger partial charge is 0.193 e. The zero-order chi connectivity index (χ0) is 17.9. The van der Waals surface area contributed by atoms with Gasteiger partial charge in [0.15, 0.2) is 5.96 Å². The first kappa shape index (κ1) is 19.7. The lowest BCUT2D eigenvalue weighted by atomic mass is 10.0. The summed E-state index contributed by atoms with van der Waals surface area (Å²) in [7, 11) is 3.66. The van der Waals surface area contributed by atoms with Crippen LogP contribution in [-0.4, -0.2) is 73.7 Å². The molecule has 0 spiro atoms. The lowest BCUT2D eigenvalue weighted by Gasteiger charge is -2.21. The number of aromatic nitrogens is 2. The molecule has 1 N–H and O–H groups in total. The van der Waals surface area contributed by atoms with Crippen molar-refractivity contribution in [1.29, 1.82) is 0 Å². The first-order valence-electron chi connectivity index (χ1n) is 9.33. The van der Waals surface area contributed by atoms with Gasteiger partial charge in [-0.1, -0.05) is 0 Å². The molecule has 7 heteroatoms. The highest BCUT2D eigenvalue weighted by Crippen LogP contribution is 2.26. The monoisotopic (exact) mass is 351 g/mol. The van der Waals surface area contributed by atoms with Crippen molar-refractivity contribution in [2.24, 2.45) is 12.0 Å². The molecule has 0 saturated carbocycles. The van der Waals surface area contributed by atoms with E-state index in [2.05, 4.69) is 28.4 Å². The predicted molar refractivity (Wildman–Crippen MR) is 100 cm³/mol. The van der Waals surface area contributed by atoms with Gasteiger partial charge in [0.25, 0.3) is 0 Å². The second kappa shape index (κ2) is 11.1. The molecule has 1 unspecified atom stereocenters. The van der Waals surface area contributed by atoms with Crippen LogP contribution < -0.4 is 5.32 Å². The van der Waals surface area contributed by atoms with E-state index in [0.717, 1.165) is 58.0 Å². The van der Waals surface area contributed by atoms with E-state index in [1.165, 1.54) is 5.56 Å². The van der Waals surface area contributed by atoms with Crippen LogP contribution in [0.2, 0.25) is 0 Å². The number of likely N-dealkylation sites (tertiary alicyclic amines) is 1. The fourth-order valence-corrected chi connectivity index (χ4v) is 3.05. The molecule has 1 aliphatic heterocycles. The number of unbranched alkanes of at least 4 members (excludes halogenated alkanes) is 1. The van der Waals surface area contributed by atoms with Gasteiger partial charge >= 0.3 is 0 Å². The Bertz CT molecular complexity index is 517. The second-order valence-electron chi connectivity index (χ2n) is 6.43. The number of methoxy groups -OCH3 is 1. The van der Waals surface area contributed by atoms with Crippen LogP contribution in [0, 0.1) is 0 Å². The van der Waals surface area contributed by atoms with Crippen LogP contribution in [0.1, 0.15) is 37.7 Å². The summed E-state index contributed by atoms with van der Waals surface area (Å²) in [6, 6.07) is 0. The maximum absolute atomic E-state index is 5.49. The molecule has 7 nitrogen and oxygen atoms in total. The Kier molecular flexibility index (Phi) is 8.76. The molecule has 0 aliphatic carbocycles. The number of aryl methyl sites for hydroxylation is 1. The average molecular weight is 351 g/mol. The normalized spacial score (nSPS) is 18.1. The topological polar surface area (TPSA) is 63.9 Å². The molecule has 1 atom stereocenters. The van der Waals surface area contributed by atoms with Crippen LogP contribution in [0.3, 0.4) is 0 Å². The van der Waals surface area contributed by atoms with Crippen LogP contribution in [0.5, 0.6) is 0 Å². The van der Waals surface area contributed by atoms with Gasteiger partial charge in [-0.05, 0) is 31.7 Å². The minimum Gasteiger partial charge on any atom is -0.382 e. The van der Waals surface area contributed by atoms with Gasteiger partial charge in [0, 0.05) is 59.1 Å². The molecule has 25 heavy (non-hydrogen) atoms. The van der Waals surface area contributed by atoms with Gasteiger partial charge in [-0.15, -0.1) is 0 Å². The second-order valence-corrected chi connectivity index (χ2v) is 6.43. The first-order valence-corrected chi connectivity index (χ1v) is 9.33. The Morgan fingerprint density at radius 2 is 2.24 bits per heavy atom. The number of ether oxygens (including phenoxy) is 2. The Labute approximate surface area is 151 Å². The summed E-state index contributed by atoms with van der Waals surface area (Å²) >= 11 is 0. The molecule has 1 aromatic rings. The van der Waals surface area contributed by atoms with Crippen molar-refractivity contribution in [3.05, 3.63) is 18.0 Å². The highest BCUT2D eigenvalue weighted by molar-refractivity contribution is 5.80. The lowest BCUT2D eigenvalue weighted by molar-refractivity contribution is 0.0690. The molecule has 1 saturated heterocycles. The van der Waals surface area contributed by atoms with Crippen LogP contribution in [0.15, 0.2) is 17.4 Å². The molecular weight excluding hydrogens is 318 g/mol.